The molecule has 0 spiro atoms. The Morgan fingerprint density at radius 3 is 2.63 bits per heavy atom. The molecule has 1 aromatic heterocycles. The molecule has 0 aliphatic rings. The van der Waals surface area contributed by atoms with Crippen LogP contribution in [0, 0.1) is 0 Å². The van der Waals surface area contributed by atoms with Gasteiger partial charge in [-0.15, -0.1) is 10.2 Å². The van der Waals surface area contributed by atoms with E-state index in [-0.39, 0.29) is 11.8 Å². The Morgan fingerprint density at radius 1 is 1.07 bits per heavy atom. The SMILES string of the molecule is CCc1nnc(C(=O)Nc2cccc(C(=O)NCc3ccccc3Cl)c2)s1. The monoisotopic (exact) mass is 400 g/mol. The van der Waals surface area contributed by atoms with Gasteiger partial charge in [0.15, 0.2) is 0 Å². The number of hydrogen-bond acceptors (Lipinski definition) is 5. The van der Waals surface area contributed by atoms with Crippen molar-refractivity contribution in [3.8, 4) is 0 Å². The molecule has 0 unspecified atom stereocenters. The van der Waals surface area contributed by atoms with Crippen LogP contribution in [-0.2, 0) is 13.0 Å². The highest BCUT2D eigenvalue weighted by atomic mass is 35.5. The predicted molar refractivity (Wildman–Crippen MR) is 106 cm³/mol. The lowest BCUT2D eigenvalue weighted by atomic mass is 10.1. The van der Waals surface area contributed by atoms with Gasteiger partial charge in [-0.05, 0) is 36.2 Å². The summed E-state index contributed by atoms with van der Waals surface area (Å²) in [7, 11) is 0. The molecule has 1 heterocycles. The fourth-order valence-electron chi connectivity index (χ4n) is 2.33. The minimum absolute atomic E-state index is 0.254. The summed E-state index contributed by atoms with van der Waals surface area (Å²) in [6, 6.07) is 14.0. The minimum atomic E-state index is -0.346. The van der Waals surface area contributed by atoms with E-state index < -0.39 is 0 Å². The van der Waals surface area contributed by atoms with Crippen molar-refractivity contribution < 1.29 is 9.59 Å². The first-order valence-electron chi connectivity index (χ1n) is 8.32. The Morgan fingerprint density at radius 2 is 1.89 bits per heavy atom. The minimum Gasteiger partial charge on any atom is -0.348 e. The maximum atomic E-state index is 12.4. The number of halogens is 1. The van der Waals surface area contributed by atoms with E-state index in [0.29, 0.717) is 27.8 Å². The van der Waals surface area contributed by atoms with Crippen molar-refractivity contribution in [3.63, 3.8) is 0 Å². The van der Waals surface area contributed by atoms with Crippen LogP contribution < -0.4 is 10.6 Å². The first-order chi connectivity index (χ1) is 13.1. The summed E-state index contributed by atoms with van der Waals surface area (Å²) in [5, 5.41) is 15.1. The van der Waals surface area contributed by atoms with Crippen molar-refractivity contribution in [2.24, 2.45) is 0 Å². The number of anilines is 1. The molecule has 3 rings (SSSR count). The van der Waals surface area contributed by atoms with Gasteiger partial charge in [0.05, 0.1) is 0 Å². The Bertz CT molecular complexity index is 974. The molecule has 2 aromatic carbocycles. The summed E-state index contributed by atoms with van der Waals surface area (Å²) in [4.78, 5) is 24.6. The third kappa shape index (κ3) is 4.90. The summed E-state index contributed by atoms with van der Waals surface area (Å²) in [6.07, 6.45) is 0.728. The Balaban J connectivity index is 1.65. The molecule has 0 radical (unpaired) electrons. The molecule has 8 heteroatoms. The van der Waals surface area contributed by atoms with E-state index in [9.17, 15) is 9.59 Å². The van der Waals surface area contributed by atoms with E-state index in [2.05, 4.69) is 20.8 Å². The summed E-state index contributed by atoms with van der Waals surface area (Å²) in [5.41, 5.74) is 1.78. The molecule has 0 atom stereocenters. The average molecular weight is 401 g/mol. The molecule has 0 saturated carbocycles. The van der Waals surface area contributed by atoms with E-state index in [1.165, 1.54) is 11.3 Å². The van der Waals surface area contributed by atoms with Crippen LogP contribution in [-0.4, -0.2) is 22.0 Å². The number of benzene rings is 2. The zero-order valence-corrected chi connectivity index (χ0v) is 16.1. The molecule has 0 aliphatic carbocycles. The number of rotatable bonds is 6. The number of hydrogen-bond donors (Lipinski definition) is 2. The van der Waals surface area contributed by atoms with Crippen molar-refractivity contribution in [1.82, 2.24) is 15.5 Å². The maximum absolute atomic E-state index is 12.4. The van der Waals surface area contributed by atoms with Gasteiger partial charge in [-0.25, -0.2) is 0 Å². The predicted octanol–water partition coefficient (Wildman–Crippen LogP) is 3.94. The van der Waals surface area contributed by atoms with Crippen LogP contribution in [0.4, 0.5) is 5.69 Å². The van der Waals surface area contributed by atoms with E-state index in [4.69, 9.17) is 11.6 Å². The van der Waals surface area contributed by atoms with Gasteiger partial charge in [-0.2, -0.15) is 0 Å². The van der Waals surface area contributed by atoms with Crippen LogP contribution in [0.3, 0.4) is 0 Å². The molecule has 27 heavy (non-hydrogen) atoms. The quantitative estimate of drug-likeness (QED) is 0.656. The molecule has 0 saturated heterocycles. The number of nitrogens with one attached hydrogen (secondary N) is 2. The third-order valence-corrected chi connectivity index (χ3v) is 5.18. The second kappa shape index (κ2) is 8.75. The van der Waals surface area contributed by atoms with Crippen molar-refractivity contribution in [2.45, 2.75) is 19.9 Å². The molecule has 3 aromatic rings. The van der Waals surface area contributed by atoms with Crippen LogP contribution >= 0.6 is 22.9 Å². The highest BCUT2D eigenvalue weighted by Gasteiger charge is 2.13. The normalized spacial score (nSPS) is 10.4. The van der Waals surface area contributed by atoms with Crippen LogP contribution in [0.5, 0.6) is 0 Å². The standard InChI is InChI=1S/C19H17ClN4O2S/c1-2-16-23-24-19(27-16)18(26)22-14-8-5-7-12(10-14)17(25)21-11-13-6-3-4-9-15(13)20/h3-10H,2,11H2,1H3,(H,21,25)(H,22,26). The fourth-order valence-corrected chi connectivity index (χ4v) is 3.21. The smallest absolute Gasteiger partial charge is 0.286 e. The van der Waals surface area contributed by atoms with Gasteiger partial charge in [0.25, 0.3) is 11.8 Å². The zero-order chi connectivity index (χ0) is 19.2. The van der Waals surface area contributed by atoms with E-state index >= 15 is 0 Å². The average Bonchev–Trinajstić information content (AvgIpc) is 3.17. The lowest BCUT2D eigenvalue weighted by molar-refractivity contribution is 0.0949. The summed E-state index contributed by atoms with van der Waals surface area (Å²) < 4.78 is 0. The highest BCUT2D eigenvalue weighted by molar-refractivity contribution is 7.13. The Hall–Kier alpha value is -2.77. The maximum Gasteiger partial charge on any atom is 0.286 e. The van der Waals surface area contributed by atoms with Gasteiger partial charge >= 0.3 is 0 Å². The molecule has 138 valence electrons. The van der Waals surface area contributed by atoms with E-state index in [1.54, 1.807) is 30.3 Å². The van der Waals surface area contributed by atoms with Gasteiger partial charge in [0, 0.05) is 22.8 Å². The van der Waals surface area contributed by atoms with Crippen LogP contribution in [0.25, 0.3) is 0 Å². The second-order valence-electron chi connectivity index (χ2n) is 5.66. The molecular formula is C19H17ClN4O2S. The van der Waals surface area contributed by atoms with Crippen LogP contribution in [0.2, 0.25) is 5.02 Å². The zero-order valence-electron chi connectivity index (χ0n) is 14.5. The molecule has 6 nitrogen and oxygen atoms in total. The Labute approximate surface area is 165 Å². The van der Waals surface area contributed by atoms with Gasteiger partial charge in [-0.1, -0.05) is 54.1 Å². The lowest BCUT2D eigenvalue weighted by Crippen LogP contribution is -2.23. The van der Waals surface area contributed by atoms with E-state index in [0.717, 1.165) is 17.0 Å². The van der Waals surface area contributed by atoms with Gasteiger partial charge < -0.3 is 10.6 Å². The number of amides is 2. The number of aryl methyl sites for hydroxylation is 1. The van der Waals surface area contributed by atoms with Gasteiger partial charge in [0.2, 0.25) is 5.01 Å². The van der Waals surface area contributed by atoms with E-state index in [1.807, 2.05) is 25.1 Å². The summed E-state index contributed by atoms with van der Waals surface area (Å²) in [5.74, 6) is -0.601. The van der Waals surface area contributed by atoms with Crippen molar-refractivity contribution in [3.05, 3.63) is 74.7 Å². The lowest BCUT2D eigenvalue weighted by Gasteiger charge is -2.08. The van der Waals surface area contributed by atoms with Crippen molar-refractivity contribution in [1.29, 1.82) is 0 Å². The van der Waals surface area contributed by atoms with Gasteiger partial charge in [0.1, 0.15) is 5.01 Å². The summed E-state index contributed by atoms with van der Waals surface area (Å²) >= 11 is 7.35. The molecule has 2 amide bonds. The van der Waals surface area contributed by atoms with Crippen LogP contribution in [0.1, 0.15) is 37.7 Å². The number of aromatic nitrogens is 2. The third-order valence-electron chi connectivity index (χ3n) is 3.74. The summed E-state index contributed by atoms with van der Waals surface area (Å²) in [6.45, 7) is 2.27. The molecular weight excluding hydrogens is 384 g/mol. The first kappa shape index (κ1) is 19.0. The van der Waals surface area contributed by atoms with Crippen molar-refractivity contribution >= 4 is 40.4 Å². The Kier molecular flexibility index (Phi) is 6.16. The largest absolute Gasteiger partial charge is 0.348 e. The fraction of sp³-hybridized carbons (Fsp3) is 0.158. The molecule has 2 N–H and O–H groups in total. The molecule has 0 aliphatic heterocycles. The number of carbonyl (C=O) groups is 2. The molecule has 0 fully saturated rings. The second-order valence-corrected chi connectivity index (χ2v) is 7.13. The van der Waals surface area contributed by atoms with Gasteiger partial charge in [-0.3, -0.25) is 9.59 Å². The van der Waals surface area contributed by atoms with Crippen LogP contribution in [0.15, 0.2) is 48.5 Å². The molecule has 0 bridgehead atoms. The number of nitrogens with zero attached hydrogens (tertiary/aromatic N) is 2. The topological polar surface area (TPSA) is 84.0 Å². The van der Waals surface area contributed by atoms with Crippen molar-refractivity contribution in [2.75, 3.05) is 5.32 Å². The number of carbonyl (C=O) groups excluding carboxylic acids is 2. The first-order valence-corrected chi connectivity index (χ1v) is 9.51. The highest BCUT2D eigenvalue weighted by Crippen LogP contribution is 2.17.